The number of carbonyl (C=O) groups excluding carboxylic acids is 1. The van der Waals surface area contributed by atoms with Gasteiger partial charge in [0.1, 0.15) is 17.2 Å². The van der Waals surface area contributed by atoms with Gasteiger partial charge in [0.25, 0.3) is 11.6 Å². The van der Waals surface area contributed by atoms with Crippen molar-refractivity contribution in [3.05, 3.63) is 74.5 Å². The molecule has 2 aromatic carbocycles. The average molecular weight is 535 g/mol. The summed E-state index contributed by atoms with van der Waals surface area (Å²) in [5, 5.41) is 15.2. The van der Waals surface area contributed by atoms with Crippen molar-refractivity contribution in [3.63, 3.8) is 0 Å². The van der Waals surface area contributed by atoms with Crippen LogP contribution in [-0.2, 0) is 0 Å². The SMILES string of the molecule is COc1ccc(N2CCN(C(=S)NC(=O)c3ccc(-c4cccc(Cl)c4Cl)o3)CC2)c([N+](=O)[O-])c1. The second-order valence-electron chi connectivity index (χ2n) is 7.61. The van der Waals surface area contributed by atoms with Crippen LogP contribution in [0.15, 0.2) is 52.9 Å². The third kappa shape index (κ3) is 5.34. The van der Waals surface area contributed by atoms with Crippen LogP contribution in [0.25, 0.3) is 11.3 Å². The van der Waals surface area contributed by atoms with Crippen LogP contribution in [0.5, 0.6) is 5.75 Å². The Morgan fingerprint density at radius 2 is 1.89 bits per heavy atom. The Bertz CT molecular complexity index is 1290. The molecule has 35 heavy (non-hydrogen) atoms. The van der Waals surface area contributed by atoms with Crippen LogP contribution in [-0.4, -0.2) is 54.1 Å². The summed E-state index contributed by atoms with van der Waals surface area (Å²) in [5.74, 6) is 0.406. The lowest BCUT2D eigenvalue weighted by atomic mass is 10.2. The fraction of sp³-hybridized carbons (Fsp3) is 0.217. The number of thiocarbonyl (C=S) groups is 1. The number of piperazine rings is 1. The zero-order valence-electron chi connectivity index (χ0n) is 18.5. The van der Waals surface area contributed by atoms with Gasteiger partial charge < -0.3 is 19.0 Å². The van der Waals surface area contributed by atoms with Gasteiger partial charge in [0, 0.05) is 31.7 Å². The molecule has 0 aliphatic carbocycles. The molecule has 1 aliphatic heterocycles. The number of anilines is 1. The number of nitrogens with zero attached hydrogens (tertiary/aromatic N) is 3. The number of halogens is 2. The summed E-state index contributed by atoms with van der Waals surface area (Å²) in [5.41, 5.74) is 1.06. The highest BCUT2D eigenvalue weighted by Crippen LogP contribution is 2.35. The molecule has 0 atom stereocenters. The zero-order chi connectivity index (χ0) is 25.1. The summed E-state index contributed by atoms with van der Waals surface area (Å²) < 4.78 is 10.8. The van der Waals surface area contributed by atoms with Crippen molar-refractivity contribution in [1.82, 2.24) is 10.2 Å². The molecule has 3 aromatic rings. The van der Waals surface area contributed by atoms with Gasteiger partial charge in [-0.3, -0.25) is 20.2 Å². The number of amides is 1. The first-order valence-electron chi connectivity index (χ1n) is 10.5. The summed E-state index contributed by atoms with van der Waals surface area (Å²) in [7, 11) is 1.46. The number of nitrogens with one attached hydrogen (secondary N) is 1. The number of methoxy groups -OCH3 is 1. The molecule has 0 spiro atoms. The van der Waals surface area contributed by atoms with E-state index in [4.69, 9.17) is 44.6 Å². The minimum Gasteiger partial charge on any atom is -0.496 e. The maximum absolute atomic E-state index is 12.7. The minimum absolute atomic E-state index is 0.0258. The van der Waals surface area contributed by atoms with Gasteiger partial charge in [0.15, 0.2) is 10.9 Å². The van der Waals surface area contributed by atoms with Gasteiger partial charge >= 0.3 is 0 Å². The summed E-state index contributed by atoms with van der Waals surface area (Å²) >= 11 is 17.7. The molecule has 0 bridgehead atoms. The maximum Gasteiger partial charge on any atom is 0.296 e. The molecule has 1 N–H and O–H groups in total. The average Bonchev–Trinajstić information content (AvgIpc) is 3.35. The van der Waals surface area contributed by atoms with E-state index in [0.29, 0.717) is 59.0 Å². The number of hydrogen-bond acceptors (Lipinski definition) is 7. The van der Waals surface area contributed by atoms with Gasteiger partial charge in [0.05, 0.1) is 28.1 Å². The van der Waals surface area contributed by atoms with Crippen LogP contribution in [0.3, 0.4) is 0 Å². The predicted molar refractivity (Wildman–Crippen MR) is 138 cm³/mol. The number of rotatable bonds is 5. The predicted octanol–water partition coefficient (Wildman–Crippen LogP) is 5.01. The van der Waals surface area contributed by atoms with E-state index in [2.05, 4.69) is 5.32 Å². The molecule has 1 aliphatic rings. The number of hydrogen-bond donors (Lipinski definition) is 1. The van der Waals surface area contributed by atoms with E-state index in [1.165, 1.54) is 19.2 Å². The first kappa shape index (κ1) is 24.8. The van der Waals surface area contributed by atoms with Crippen molar-refractivity contribution < 1.29 is 18.9 Å². The highest BCUT2D eigenvalue weighted by atomic mass is 35.5. The van der Waals surface area contributed by atoms with Crippen molar-refractivity contribution in [2.75, 3.05) is 38.2 Å². The van der Waals surface area contributed by atoms with Gasteiger partial charge in [-0.1, -0.05) is 29.3 Å². The van der Waals surface area contributed by atoms with Gasteiger partial charge in [-0.25, -0.2) is 0 Å². The molecule has 2 heterocycles. The monoisotopic (exact) mass is 534 g/mol. The molecule has 1 fully saturated rings. The first-order chi connectivity index (χ1) is 16.8. The van der Waals surface area contributed by atoms with Crippen LogP contribution in [0, 0.1) is 10.1 Å². The zero-order valence-corrected chi connectivity index (χ0v) is 20.8. The van der Waals surface area contributed by atoms with Crippen molar-refractivity contribution in [1.29, 1.82) is 0 Å². The van der Waals surface area contributed by atoms with Crippen LogP contribution in [0.1, 0.15) is 10.6 Å². The second kappa shape index (κ2) is 10.5. The second-order valence-corrected chi connectivity index (χ2v) is 8.78. The Morgan fingerprint density at radius 1 is 1.14 bits per heavy atom. The molecule has 1 saturated heterocycles. The van der Waals surface area contributed by atoms with Crippen molar-refractivity contribution in [2.24, 2.45) is 0 Å². The molecular formula is C23H20Cl2N4O5S. The van der Waals surface area contributed by atoms with Crippen LogP contribution < -0.4 is 15.0 Å². The van der Waals surface area contributed by atoms with Gasteiger partial charge in [-0.2, -0.15) is 0 Å². The van der Waals surface area contributed by atoms with Crippen LogP contribution >= 0.6 is 35.4 Å². The highest BCUT2D eigenvalue weighted by molar-refractivity contribution is 7.80. The van der Waals surface area contributed by atoms with E-state index in [1.807, 2.05) is 9.80 Å². The Balaban J connectivity index is 1.38. The minimum atomic E-state index is -0.493. The molecule has 9 nitrogen and oxygen atoms in total. The smallest absolute Gasteiger partial charge is 0.296 e. The highest BCUT2D eigenvalue weighted by Gasteiger charge is 2.26. The van der Waals surface area contributed by atoms with E-state index in [9.17, 15) is 14.9 Å². The lowest BCUT2D eigenvalue weighted by molar-refractivity contribution is -0.384. The number of furan rings is 1. The number of carbonyl (C=O) groups is 1. The van der Waals surface area contributed by atoms with E-state index in [-0.39, 0.29) is 16.6 Å². The van der Waals surface area contributed by atoms with E-state index >= 15 is 0 Å². The summed E-state index contributed by atoms with van der Waals surface area (Å²) in [6, 6.07) is 13.1. The fourth-order valence-corrected chi connectivity index (χ4v) is 4.40. The third-order valence-electron chi connectivity index (χ3n) is 5.55. The third-order valence-corrected chi connectivity index (χ3v) is 6.73. The Labute approximate surface area is 216 Å². The lowest BCUT2D eigenvalue weighted by Crippen LogP contribution is -2.52. The number of benzene rings is 2. The van der Waals surface area contributed by atoms with E-state index in [1.54, 1.807) is 36.4 Å². The first-order valence-corrected chi connectivity index (χ1v) is 11.7. The summed E-state index contributed by atoms with van der Waals surface area (Å²) in [4.78, 5) is 27.5. The molecular weight excluding hydrogens is 515 g/mol. The lowest BCUT2D eigenvalue weighted by Gasteiger charge is -2.36. The van der Waals surface area contributed by atoms with E-state index < -0.39 is 10.8 Å². The van der Waals surface area contributed by atoms with Gasteiger partial charge in [0.2, 0.25) is 0 Å². The summed E-state index contributed by atoms with van der Waals surface area (Å²) in [6.45, 7) is 1.93. The van der Waals surface area contributed by atoms with Gasteiger partial charge in [-0.15, -0.1) is 0 Å². The molecule has 0 radical (unpaired) electrons. The largest absolute Gasteiger partial charge is 0.496 e. The fourth-order valence-electron chi connectivity index (χ4n) is 3.73. The number of ether oxygens (including phenoxy) is 1. The molecule has 1 amide bonds. The molecule has 4 rings (SSSR count). The number of nitro groups is 1. The maximum atomic E-state index is 12.7. The standard InChI is InChI=1S/C23H20Cl2N4O5S/c1-33-14-5-6-17(18(13-14)29(31)32)27-9-11-28(12-10-27)23(35)26-22(30)20-8-7-19(34-20)15-3-2-4-16(24)21(15)25/h2-8,13H,9-12H2,1H3,(H,26,30,35). The molecule has 1 aromatic heterocycles. The van der Waals surface area contributed by atoms with Crippen molar-refractivity contribution in [3.8, 4) is 17.1 Å². The van der Waals surface area contributed by atoms with E-state index in [0.717, 1.165) is 0 Å². The Morgan fingerprint density at radius 3 is 2.57 bits per heavy atom. The van der Waals surface area contributed by atoms with Gasteiger partial charge in [-0.05, 0) is 48.6 Å². The summed E-state index contributed by atoms with van der Waals surface area (Å²) in [6.07, 6.45) is 0. The van der Waals surface area contributed by atoms with Crippen LogP contribution in [0.2, 0.25) is 10.0 Å². The quantitative estimate of drug-likeness (QED) is 0.277. The molecule has 0 unspecified atom stereocenters. The molecule has 12 heteroatoms. The number of nitro benzene ring substituents is 1. The van der Waals surface area contributed by atoms with Crippen molar-refractivity contribution >= 4 is 57.8 Å². The van der Waals surface area contributed by atoms with Crippen molar-refractivity contribution in [2.45, 2.75) is 0 Å². The molecule has 0 saturated carbocycles. The topological polar surface area (TPSA) is 101 Å². The molecule has 182 valence electrons. The normalized spacial score (nSPS) is 13.5. The Hall–Kier alpha value is -3.34. The van der Waals surface area contributed by atoms with Crippen LogP contribution in [0.4, 0.5) is 11.4 Å². The Kier molecular flexibility index (Phi) is 7.44.